The summed E-state index contributed by atoms with van der Waals surface area (Å²) in [5.41, 5.74) is 1.56. The molecule has 150 valence electrons. The number of aliphatic imine (C=N–C) groups is 1. The first-order valence-corrected chi connectivity index (χ1v) is 10.1. The van der Waals surface area contributed by atoms with Crippen molar-refractivity contribution in [2.75, 3.05) is 26.5 Å². The number of carboxylic acids is 1. The number of fused-ring (bicyclic) bond motifs is 1. The van der Waals surface area contributed by atoms with Crippen LogP contribution in [0.5, 0.6) is 5.88 Å². The molecule has 1 N–H and O–H groups in total. The Hall–Kier alpha value is -3.07. The number of rotatable bonds is 4. The molecule has 9 heteroatoms. The van der Waals surface area contributed by atoms with Crippen LogP contribution in [0.15, 0.2) is 45.9 Å². The van der Waals surface area contributed by atoms with Gasteiger partial charge in [-0.05, 0) is 24.5 Å². The van der Waals surface area contributed by atoms with Crippen molar-refractivity contribution < 1.29 is 23.4 Å². The molecule has 1 saturated heterocycles. The number of benzene rings is 1. The Morgan fingerprint density at radius 1 is 1.38 bits per heavy atom. The lowest BCUT2D eigenvalue weighted by Crippen LogP contribution is -2.47. The van der Waals surface area contributed by atoms with Crippen LogP contribution in [0.4, 0.5) is 10.1 Å². The van der Waals surface area contributed by atoms with Crippen molar-refractivity contribution in [3.63, 3.8) is 0 Å². The van der Waals surface area contributed by atoms with Crippen molar-refractivity contribution in [3.05, 3.63) is 53.7 Å². The zero-order valence-corrected chi connectivity index (χ0v) is 16.6. The van der Waals surface area contributed by atoms with E-state index in [2.05, 4.69) is 14.9 Å². The molecular formula is C20H18FN3O4S. The number of amidine groups is 1. The minimum Gasteiger partial charge on any atom is -0.481 e. The number of thioether (sulfide) groups is 1. The normalized spacial score (nSPS) is 14.9. The summed E-state index contributed by atoms with van der Waals surface area (Å²) >= 11 is 1.50. The largest absolute Gasteiger partial charge is 0.481 e. The van der Waals surface area contributed by atoms with E-state index in [9.17, 15) is 14.3 Å². The fourth-order valence-corrected chi connectivity index (χ4v) is 3.99. The molecule has 1 aromatic carbocycles. The lowest BCUT2D eigenvalue weighted by atomic mass is 9.89. The van der Waals surface area contributed by atoms with Gasteiger partial charge in [0.25, 0.3) is 0 Å². The monoisotopic (exact) mass is 415 g/mol. The van der Waals surface area contributed by atoms with E-state index in [1.165, 1.54) is 23.9 Å². The molecule has 0 radical (unpaired) electrons. The van der Waals surface area contributed by atoms with Crippen molar-refractivity contribution in [1.29, 1.82) is 0 Å². The summed E-state index contributed by atoms with van der Waals surface area (Å²) in [6, 6.07) is 7.67. The average molecular weight is 415 g/mol. The molecule has 1 aliphatic heterocycles. The van der Waals surface area contributed by atoms with Crippen LogP contribution in [0.3, 0.4) is 0 Å². The second-order valence-corrected chi connectivity index (χ2v) is 7.32. The van der Waals surface area contributed by atoms with Gasteiger partial charge in [0.15, 0.2) is 5.17 Å². The molecule has 0 spiro atoms. The molecule has 1 fully saturated rings. The van der Waals surface area contributed by atoms with Crippen molar-refractivity contribution in [1.82, 2.24) is 9.88 Å². The summed E-state index contributed by atoms with van der Waals surface area (Å²) in [4.78, 5) is 22.5. The minimum absolute atomic E-state index is 0.0425. The van der Waals surface area contributed by atoms with Crippen LogP contribution in [-0.4, -0.2) is 52.6 Å². The highest BCUT2D eigenvalue weighted by Crippen LogP contribution is 2.38. The number of pyridine rings is 1. The Balaban J connectivity index is 1.57. The molecule has 3 heterocycles. The molecule has 0 bridgehead atoms. The number of halogens is 1. The molecule has 0 aliphatic carbocycles. The number of methoxy groups -OCH3 is 1. The standard InChI is InChI=1S/C20H18FN3O4S/c1-27-16-6-4-13(8-22-16)23-20(29-2)24-9-11(10-24)17-14-5-3-12(21)7-15(14)28-18(17)19(25)26/h3-8,11H,9-10H2,1-2H3,(H,25,26). The molecule has 0 saturated carbocycles. The maximum absolute atomic E-state index is 13.5. The zero-order valence-electron chi connectivity index (χ0n) is 15.8. The van der Waals surface area contributed by atoms with E-state index >= 15 is 0 Å². The molecule has 0 atom stereocenters. The van der Waals surface area contributed by atoms with Gasteiger partial charge in [-0.15, -0.1) is 0 Å². The van der Waals surface area contributed by atoms with Gasteiger partial charge >= 0.3 is 5.97 Å². The number of nitrogens with zero attached hydrogens (tertiary/aromatic N) is 3. The van der Waals surface area contributed by atoms with Gasteiger partial charge in [0.05, 0.1) is 19.0 Å². The van der Waals surface area contributed by atoms with Crippen molar-refractivity contribution in [2.45, 2.75) is 5.92 Å². The van der Waals surface area contributed by atoms with E-state index in [1.54, 1.807) is 25.4 Å². The molecule has 0 amide bonds. The summed E-state index contributed by atoms with van der Waals surface area (Å²) in [6.07, 6.45) is 3.56. The quantitative estimate of drug-likeness (QED) is 0.506. The van der Waals surface area contributed by atoms with Gasteiger partial charge < -0.3 is 19.2 Å². The van der Waals surface area contributed by atoms with Crippen LogP contribution in [-0.2, 0) is 0 Å². The summed E-state index contributed by atoms with van der Waals surface area (Å²) in [5, 5.41) is 11.0. The third-order valence-corrected chi connectivity index (χ3v) is 5.50. The summed E-state index contributed by atoms with van der Waals surface area (Å²) in [6.45, 7) is 1.19. The third-order valence-electron chi connectivity index (χ3n) is 4.78. The molecule has 1 aliphatic rings. The Morgan fingerprint density at radius 3 is 2.79 bits per heavy atom. The number of hydrogen-bond acceptors (Lipinski definition) is 6. The number of carbonyl (C=O) groups is 1. The first kappa shape index (κ1) is 19.3. The van der Waals surface area contributed by atoms with Gasteiger partial charge in [-0.25, -0.2) is 19.2 Å². The molecule has 3 aromatic rings. The average Bonchev–Trinajstić information content (AvgIpc) is 3.05. The van der Waals surface area contributed by atoms with E-state index < -0.39 is 11.8 Å². The number of hydrogen-bond donors (Lipinski definition) is 1. The third kappa shape index (κ3) is 3.65. The summed E-state index contributed by atoms with van der Waals surface area (Å²) in [7, 11) is 1.55. The van der Waals surface area contributed by atoms with Gasteiger partial charge in [0.1, 0.15) is 11.4 Å². The first-order valence-electron chi connectivity index (χ1n) is 8.83. The maximum atomic E-state index is 13.5. The second kappa shape index (κ2) is 7.75. The van der Waals surface area contributed by atoms with Crippen LogP contribution in [0.2, 0.25) is 0 Å². The van der Waals surface area contributed by atoms with Crippen LogP contribution in [0, 0.1) is 5.82 Å². The van der Waals surface area contributed by atoms with Gasteiger partial charge in [-0.3, -0.25) is 0 Å². The lowest BCUT2D eigenvalue weighted by molar-refractivity contribution is 0.0660. The number of likely N-dealkylation sites (tertiary alicyclic amines) is 1. The summed E-state index contributed by atoms with van der Waals surface area (Å²) < 4.78 is 24.0. The fourth-order valence-electron chi connectivity index (χ4n) is 3.39. The molecule has 7 nitrogen and oxygen atoms in total. The predicted molar refractivity (Wildman–Crippen MR) is 109 cm³/mol. The lowest BCUT2D eigenvalue weighted by Gasteiger charge is -2.40. The predicted octanol–water partition coefficient (Wildman–Crippen LogP) is 4.12. The van der Waals surface area contributed by atoms with Crippen LogP contribution in [0.1, 0.15) is 22.0 Å². The highest BCUT2D eigenvalue weighted by molar-refractivity contribution is 8.13. The van der Waals surface area contributed by atoms with Crippen LogP contribution in [0.25, 0.3) is 11.0 Å². The van der Waals surface area contributed by atoms with E-state index in [-0.39, 0.29) is 17.3 Å². The van der Waals surface area contributed by atoms with E-state index in [4.69, 9.17) is 9.15 Å². The van der Waals surface area contributed by atoms with Crippen molar-refractivity contribution >= 4 is 39.6 Å². The second-order valence-electron chi connectivity index (χ2n) is 6.55. The highest BCUT2D eigenvalue weighted by atomic mass is 32.2. The van der Waals surface area contributed by atoms with Crippen molar-refractivity contribution in [3.8, 4) is 5.88 Å². The molecular weight excluding hydrogens is 397 g/mol. The fraction of sp³-hybridized carbons (Fsp3) is 0.250. The van der Waals surface area contributed by atoms with Gasteiger partial charge in [-0.2, -0.15) is 0 Å². The Morgan fingerprint density at radius 2 is 2.17 bits per heavy atom. The van der Waals surface area contributed by atoms with E-state index in [1.807, 2.05) is 12.3 Å². The van der Waals surface area contributed by atoms with Gasteiger partial charge in [0.2, 0.25) is 11.6 Å². The number of ether oxygens (including phenoxy) is 1. The topological polar surface area (TPSA) is 88.2 Å². The Bertz CT molecular complexity index is 1090. The minimum atomic E-state index is -1.15. The van der Waals surface area contributed by atoms with Gasteiger partial charge in [0, 0.05) is 42.1 Å². The Labute approximate surface area is 170 Å². The number of carboxylic acid groups (broad SMARTS) is 1. The highest BCUT2D eigenvalue weighted by Gasteiger charge is 2.36. The number of aromatic carboxylic acids is 1. The smallest absolute Gasteiger partial charge is 0.372 e. The SMILES string of the molecule is COc1ccc(N=C(SC)N2CC(c3c(C(=O)O)oc4cc(F)ccc34)C2)cn1. The number of furan rings is 1. The Kier molecular flexibility index (Phi) is 5.14. The van der Waals surface area contributed by atoms with Crippen LogP contribution >= 0.6 is 11.8 Å². The molecule has 0 unspecified atom stereocenters. The van der Waals surface area contributed by atoms with Crippen molar-refractivity contribution in [2.24, 2.45) is 4.99 Å². The summed E-state index contributed by atoms with van der Waals surface area (Å²) in [5.74, 6) is -1.27. The number of aromatic nitrogens is 1. The molecule has 4 rings (SSSR count). The van der Waals surface area contributed by atoms with E-state index in [0.29, 0.717) is 35.6 Å². The molecule has 2 aromatic heterocycles. The molecule has 29 heavy (non-hydrogen) atoms. The van der Waals surface area contributed by atoms with Crippen LogP contribution < -0.4 is 4.74 Å². The maximum Gasteiger partial charge on any atom is 0.372 e. The van der Waals surface area contributed by atoms with E-state index in [0.717, 1.165) is 5.17 Å². The first-order chi connectivity index (χ1) is 14.0. The zero-order chi connectivity index (χ0) is 20.5. The van der Waals surface area contributed by atoms with Gasteiger partial charge in [-0.1, -0.05) is 11.8 Å².